The van der Waals surface area contributed by atoms with Gasteiger partial charge in [-0.25, -0.2) is 0 Å². The first-order valence-corrected chi connectivity index (χ1v) is 9.46. The molecule has 0 fully saturated rings. The lowest BCUT2D eigenvalue weighted by Crippen LogP contribution is -2.77. The molecule has 0 aromatic rings. The number of unbranched alkanes of at least 4 members (excludes halogenated alkanes) is 15. The van der Waals surface area contributed by atoms with Gasteiger partial charge in [0.2, 0.25) is 0 Å². The number of rotatable bonds is 18. The SMILES string of the molecule is [O-][NH2+]CCCCCCCCCCCCCCCCCCO. The summed E-state index contributed by atoms with van der Waals surface area (Å²) in [5.74, 6) is 0. The van der Waals surface area contributed by atoms with E-state index in [0.29, 0.717) is 6.61 Å². The molecule has 0 aliphatic heterocycles. The molecule has 0 aliphatic rings. The van der Waals surface area contributed by atoms with Crippen molar-refractivity contribution in [2.75, 3.05) is 13.2 Å². The fourth-order valence-corrected chi connectivity index (χ4v) is 2.81. The van der Waals surface area contributed by atoms with Gasteiger partial charge in [-0.3, -0.25) is 0 Å². The van der Waals surface area contributed by atoms with E-state index < -0.39 is 0 Å². The Morgan fingerprint density at radius 2 is 0.762 bits per heavy atom. The van der Waals surface area contributed by atoms with Crippen LogP contribution in [0, 0.1) is 5.21 Å². The zero-order chi connectivity index (χ0) is 15.4. The second-order valence-corrected chi connectivity index (χ2v) is 6.34. The van der Waals surface area contributed by atoms with E-state index in [1.165, 1.54) is 89.9 Å². The van der Waals surface area contributed by atoms with Crippen molar-refractivity contribution in [3.63, 3.8) is 0 Å². The number of hydrogen-bond acceptors (Lipinski definition) is 2. The molecular formula is C18H39NO2. The summed E-state index contributed by atoms with van der Waals surface area (Å²) in [4.78, 5) is 0. The normalized spacial score (nSPS) is 11.1. The van der Waals surface area contributed by atoms with Crippen LogP contribution in [0.1, 0.15) is 103 Å². The highest BCUT2D eigenvalue weighted by Crippen LogP contribution is 2.13. The number of hydrogen-bond donors (Lipinski definition) is 2. The van der Waals surface area contributed by atoms with E-state index in [0.717, 1.165) is 24.9 Å². The molecule has 0 saturated carbocycles. The number of quaternary nitrogens is 1. The second kappa shape index (κ2) is 19.9. The van der Waals surface area contributed by atoms with Crippen molar-refractivity contribution >= 4 is 0 Å². The summed E-state index contributed by atoms with van der Waals surface area (Å²) in [6, 6.07) is 0. The summed E-state index contributed by atoms with van der Waals surface area (Å²) in [5.41, 5.74) is 1.04. The fraction of sp³-hybridized carbons (Fsp3) is 1.00. The van der Waals surface area contributed by atoms with Gasteiger partial charge >= 0.3 is 0 Å². The molecule has 0 unspecified atom stereocenters. The molecule has 0 atom stereocenters. The first-order chi connectivity index (χ1) is 10.4. The largest absolute Gasteiger partial charge is 0.636 e. The molecule has 0 amide bonds. The maximum absolute atomic E-state index is 10.2. The van der Waals surface area contributed by atoms with E-state index in [1.54, 1.807) is 0 Å². The van der Waals surface area contributed by atoms with Crippen LogP contribution in [0.4, 0.5) is 0 Å². The van der Waals surface area contributed by atoms with Gasteiger partial charge in [0, 0.05) is 6.61 Å². The monoisotopic (exact) mass is 301 g/mol. The highest BCUT2D eigenvalue weighted by molar-refractivity contribution is 4.50. The molecule has 3 N–H and O–H groups in total. The molecule has 21 heavy (non-hydrogen) atoms. The van der Waals surface area contributed by atoms with Crippen molar-refractivity contribution in [2.24, 2.45) is 0 Å². The van der Waals surface area contributed by atoms with Crippen LogP contribution < -0.4 is 5.48 Å². The van der Waals surface area contributed by atoms with Crippen molar-refractivity contribution in [3.8, 4) is 0 Å². The predicted molar refractivity (Wildman–Crippen MR) is 91.1 cm³/mol. The lowest BCUT2D eigenvalue weighted by Gasteiger charge is -2.04. The van der Waals surface area contributed by atoms with E-state index in [9.17, 15) is 5.21 Å². The quantitative estimate of drug-likeness (QED) is 0.293. The van der Waals surface area contributed by atoms with Crippen LogP contribution >= 0.6 is 0 Å². The van der Waals surface area contributed by atoms with Gasteiger partial charge < -0.3 is 15.8 Å². The van der Waals surface area contributed by atoms with Gasteiger partial charge in [0.15, 0.2) is 0 Å². The Balaban J connectivity index is 2.90. The van der Waals surface area contributed by atoms with Crippen LogP contribution in [-0.2, 0) is 0 Å². The van der Waals surface area contributed by atoms with E-state index >= 15 is 0 Å². The summed E-state index contributed by atoms with van der Waals surface area (Å²) < 4.78 is 0. The first kappa shape index (κ1) is 20.9. The highest BCUT2D eigenvalue weighted by Gasteiger charge is 1.94. The Morgan fingerprint density at radius 3 is 1.05 bits per heavy atom. The van der Waals surface area contributed by atoms with Crippen molar-refractivity contribution in [1.29, 1.82) is 0 Å². The smallest absolute Gasteiger partial charge is 0.0752 e. The Hall–Kier alpha value is -0.120. The molecule has 3 nitrogen and oxygen atoms in total. The average Bonchev–Trinajstić information content (AvgIpc) is 2.50. The summed E-state index contributed by atoms with van der Waals surface area (Å²) in [7, 11) is 0. The van der Waals surface area contributed by atoms with Crippen molar-refractivity contribution in [3.05, 3.63) is 5.21 Å². The van der Waals surface area contributed by atoms with Crippen LogP contribution in [0.15, 0.2) is 0 Å². The minimum absolute atomic E-state index is 0.360. The summed E-state index contributed by atoms with van der Waals surface area (Å²) in [6.45, 7) is 1.11. The second-order valence-electron chi connectivity index (χ2n) is 6.34. The molecule has 128 valence electrons. The van der Waals surface area contributed by atoms with E-state index in [-0.39, 0.29) is 0 Å². The highest BCUT2D eigenvalue weighted by atomic mass is 16.5. The van der Waals surface area contributed by atoms with Crippen molar-refractivity contribution in [1.82, 2.24) is 0 Å². The topological polar surface area (TPSA) is 59.9 Å². The standard InChI is InChI=1S/C18H39NO2/c20-18-16-14-12-10-8-6-4-2-1-3-5-7-9-11-13-15-17-19-21/h20H,1-19H2. The van der Waals surface area contributed by atoms with Gasteiger partial charge in [-0.2, -0.15) is 0 Å². The van der Waals surface area contributed by atoms with Crippen LogP contribution in [-0.4, -0.2) is 18.3 Å². The van der Waals surface area contributed by atoms with Crippen LogP contribution in [0.3, 0.4) is 0 Å². The van der Waals surface area contributed by atoms with E-state index in [1.807, 2.05) is 0 Å². The maximum Gasteiger partial charge on any atom is 0.0752 e. The number of hydroxylamine groups is 1. The molecular weight excluding hydrogens is 262 g/mol. The number of aliphatic hydroxyl groups is 1. The van der Waals surface area contributed by atoms with Gasteiger partial charge in [-0.05, 0) is 19.3 Å². The molecule has 0 aromatic carbocycles. The minimum Gasteiger partial charge on any atom is -0.636 e. The van der Waals surface area contributed by atoms with Gasteiger partial charge in [0.1, 0.15) is 0 Å². The summed E-state index contributed by atoms with van der Waals surface area (Å²) in [5, 5.41) is 18.8. The third-order valence-corrected chi connectivity index (χ3v) is 4.23. The summed E-state index contributed by atoms with van der Waals surface area (Å²) in [6.07, 6.45) is 21.0. The third kappa shape index (κ3) is 19.9. The fourth-order valence-electron chi connectivity index (χ4n) is 2.81. The van der Waals surface area contributed by atoms with Crippen LogP contribution in [0.25, 0.3) is 0 Å². The Morgan fingerprint density at radius 1 is 0.476 bits per heavy atom. The molecule has 0 radical (unpaired) electrons. The Labute approximate surface area is 132 Å². The van der Waals surface area contributed by atoms with Crippen LogP contribution in [0.5, 0.6) is 0 Å². The zero-order valence-electron chi connectivity index (χ0n) is 14.2. The molecule has 0 aromatic heterocycles. The molecule has 0 saturated heterocycles. The third-order valence-electron chi connectivity index (χ3n) is 4.23. The molecule has 0 spiro atoms. The molecule has 0 heterocycles. The molecule has 0 aliphatic carbocycles. The molecule has 0 rings (SSSR count). The lowest BCUT2D eigenvalue weighted by atomic mass is 10.0. The van der Waals surface area contributed by atoms with Crippen molar-refractivity contribution in [2.45, 2.75) is 103 Å². The van der Waals surface area contributed by atoms with E-state index in [4.69, 9.17) is 5.11 Å². The van der Waals surface area contributed by atoms with Crippen LogP contribution in [0.2, 0.25) is 0 Å². The average molecular weight is 302 g/mol. The molecule has 0 bridgehead atoms. The maximum atomic E-state index is 10.2. The number of aliphatic hydroxyl groups excluding tert-OH is 1. The predicted octanol–water partition coefficient (Wildman–Crippen LogP) is 4.28. The number of nitrogens with two attached hydrogens (primary N) is 1. The Bertz CT molecular complexity index is 159. The molecule has 3 heteroatoms. The first-order valence-electron chi connectivity index (χ1n) is 9.46. The van der Waals surface area contributed by atoms with Gasteiger partial charge in [0.05, 0.1) is 6.54 Å². The van der Waals surface area contributed by atoms with Crippen molar-refractivity contribution < 1.29 is 10.6 Å². The lowest BCUT2D eigenvalue weighted by molar-refractivity contribution is -0.589. The van der Waals surface area contributed by atoms with E-state index in [2.05, 4.69) is 0 Å². The minimum atomic E-state index is 0.360. The van der Waals surface area contributed by atoms with Gasteiger partial charge in [-0.15, -0.1) is 0 Å². The van der Waals surface area contributed by atoms with Gasteiger partial charge in [-0.1, -0.05) is 83.5 Å². The zero-order valence-corrected chi connectivity index (χ0v) is 14.2. The van der Waals surface area contributed by atoms with Gasteiger partial charge in [0.25, 0.3) is 0 Å². The Kier molecular flexibility index (Phi) is 19.8. The summed E-state index contributed by atoms with van der Waals surface area (Å²) >= 11 is 0.